The quantitative estimate of drug-likeness (QED) is 0.735. The van der Waals surface area contributed by atoms with E-state index in [1.54, 1.807) is 0 Å². The summed E-state index contributed by atoms with van der Waals surface area (Å²) < 4.78 is 5.20. The molecule has 1 rings (SSSR count). The highest BCUT2D eigenvalue weighted by Crippen LogP contribution is 2.33. The Morgan fingerprint density at radius 2 is 1.88 bits per heavy atom. The number of carbonyl (C=O) groups excluding carboxylic acids is 2. The minimum absolute atomic E-state index is 0.0119. The summed E-state index contributed by atoms with van der Waals surface area (Å²) >= 11 is 11.5. The fraction of sp³-hybridized carbons (Fsp3) is 0.455. The summed E-state index contributed by atoms with van der Waals surface area (Å²) in [5.74, 6) is -0.883. The van der Waals surface area contributed by atoms with Crippen LogP contribution in [0.25, 0.3) is 0 Å². The molecule has 0 heterocycles. The van der Waals surface area contributed by atoms with Gasteiger partial charge in [0.05, 0.1) is 10.1 Å². The van der Waals surface area contributed by atoms with Gasteiger partial charge in [-0.1, -0.05) is 36.5 Å². The van der Waals surface area contributed by atoms with Crippen LogP contribution in [0.5, 0.6) is 0 Å². The maximum absolute atomic E-state index is 11.4. The second kappa shape index (κ2) is 5.02. The smallest absolute Gasteiger partial charge is 0.303 e. The van der Waals surface area contributed by atoms with Crippen molar-refractivity contribution in [2.24, 2.45) is 0 Å². The molecule has 0 bridgehead atoms. The summed E-state index contributed by atoms with van der Waals surface area (Å²) in [5, 5.41) is -0.0237. The highest BCUT2D eigenvalue weighted by Gasteiger charge is 2.35. The lowest BCUT2D eigenvalue weighted by atomic mass is 9.92. The summed E-state index contributed by atoms with van der Waals surface area (Å²) in [6.45, 7) is 3.24. The van der Waals surface area contributed by atoms with E-state index < -0.39 is 17.4 Å². The van der Waals surface area contributed by atoms with Crippen LogP contribution in [0.2, 0.25) is 0 Å². The Kier molecular flexibility index (Phi) is 4.16. The van der Waals surface area contributed by atoms with Gasteiger partial charge in [0.25, 0.3) is 0 Å². The van der Waals surface area contributed by atoms with Crippen molar-refractivity contribution in [1.29, 1.82) is 0 Å². The Morgan fingerprint density at radius 1 is 1.38 bits per heavy atom. The summed E-state index contributed by atoms with van der Waals surface area (Å²) in [6, 6.07) is 0. The molecule has 0 fully saturated rings. The first-order valence-corrected chi connectivity index (χ1v) is 5.67. The van der Waals surface area contributed by atoms with E-state index in [1.165, 1.54) is 19.1 Å². The van der Waals surface area contributed by atoms with Crippen LogP contribution in [0.3, 0.4) is 0 Å². The molecule has 0 saturated heterocycles. The van der Waals surface area contributed by atoms with Crippen molar-refractivity contribution >= 4 is 35.0 Å². The van der Waals surface area contributed by atoms with Gasteiger partial charge in [0.2, 0.25) is 5.78 Å². The summed E-state index contributed by atoms with van der Waals surface area (Å²) in [5.41, 5.74) is -0.983. The average molecular weight is 263 g/mol. The number of ketones is 1. The minimum atomic E-state index is -0.983. The van der Waals surface area contributed by atoms with Gasteiger partial charge in [-0.15, -0.1) is 0 Å². The Bertz CT molecular complexity index is 361. The fourth-order valence-electron chi connectivity index (χ4n) is 1.63. The molecular weight excluding hydrogens is 251 g/mol. The van der Waals surface area contributed by atoms with Gasteiger partial charge >= 0.3 is 5.97 Å². The lowest BCUT2D eigenvalue weighted by Crippen LogP contribution is -2.33. The highest BCUT2D eigenvalue weighted by atomic mass is 35.5. The third kappa shape index (κ3) is 2.86. The molecule has 0 aliphatic heterocycles. The highest BCUT2D eigenvalue weighted by molar-refractivity contribution is 6.55. The molecule has 0 radical (unpaired) electrons. The topological polar surface area (TPSA) is 43.4 Å². The average Bonchev–Trinajstić information content (AvgIpc) is 2.13. The number of ether oxygens (including phenoxy) is 1. The summed E-state index contributed by atoms with van der Waals surface area (Å²) in [6.07, 6.45) is 4.18. The molecular formula is C11H12Cl2O3. The minimum Gasteiger partial charge on any atom is -0.451 e. The van der Waals surface area contributed by atoms with Crippen LogP contribution in [0.1, 0.15) is 26.7 Å². The van der Waals surface area contributed by atoms with Gasteiger partial charge in [-0.05, 0) is 18.6 Å². The predicted molar refractivity (Wildman–Crippen MR) is 62.3 cm³/mol. The van der Waals surface area contributed by atoms with Gasteiger partial charge in [0.1, 0.15) is 0 Å². The van der Waals surface area contributed by atoms with Gasteiger partial charge in [-0.3, -0.25) is 9.59 Å². The molecule has 3 nitrogen and oxygen atoms in total. The van der Waals surface area contributed by atoms with Crippen LogP contribution >= 0.6 is 23.2 Å². The fourth-order valence-corrected chi connectivity index (χ4v) is 2.25. The first kappa shape index (κ1) is 13.3. The number of hydrogen-bond acceptors (Lipinski definition) is 3. The van der Waals surface area contributed by atoms with Gasteiger partial charge in [0, 0.05) is 6.92 Å². The molecule has 0 unspecified atom stereocenters. The molecule has 0 atom stereocenters. The molecule has 88 valence electrons. The lowest BCUT2D eigenvalue weighted by Gasteiger charge is -2.29. The van der Waals surface area contributed by atoms with Crippen LogP contribution in [-0.4, -0.2) is 17.4 Å². The number of hydrogen-bond donors (Lipinski definition) is 0. The van der Waals surface area contributed by atoms with Crippen LogP contribution in [-0.2, 0) is 14.3 Å². The molecule has 0 aromatic carbocycles. The van der Waals surface area contributed by atoms with Crippen molar-refractivity contribution in [3.63, 3.8) is 0 Å². The number of allylic oxidation sites excluding steroid dienone is 2. The van der Waals surface area contributed by atoms with Gasteiger partial charge in [-0.2, -0.15) is 0 Å². The molecule has 5 heteroatoms. The van der Waals surface area contributed by atoms with Crippen molar-refractivity contribution in [2.75, 3.05) is 0 Å². The van der Waals surface area contributed by atoms with Crippen molar-refractivity contribution in [3.05, 3.63) is 22.2 Å². The molecule has 0 amide bonds. The van der Waals surface area contributed by atoms with Gasteiger partial charge in [-0.25, -0.2) is 0 Å². The van der Waals surface area contributed by atoms with Gasteiger partial charge in [0.15, 0.2) is 5.60 Å². The third-order valence-corrected chi connectivity index (χ3v) is 2.71. The van der Waals surface area contributed by atoms with Crippen molar-refractivity contribution in [1.82, 2.24) is 0 Å². The zero-order valence-electron chi connectivity index (χ0n) is 9.05. The molecule has 0 aromatic rings. The SMILES string of the molecule is CCCC1(OC(C)=O)C=C(Cl)C(=O)C(Cl)=C1. The largest absolute Gasteiger partial charge is 0.451 e. The van der Waals surface area contributed by atoms with Crippen molar-refractivity contribution in [3.8, 4) is 0 Å². The molecule has 0 spiro atoms. The van der Waals surface area contributed by atoms with Crippen molar-refractivity contribution < 1.29 is 14.3 Å². The summed E-state index contributed by atoms with van der Waals surface area (Å²) in [4.78, 5) is 22.4. The second-order valence-electron chi connectivity index (χ2n) is 3.61. The maximum Gasteiger partial charge on any atom is 0.303 e. The van der Waals surface area contributed by atoms with E-state index in [0.29, 0.717) is 6.42 Å². The van der Waals surface area contributed by atoms with Crippen LogP contribution in [0, 0.1) is 0 Å². The van der Waals surface area contributed by atoms with Crippen LogP contribution < -0.4 is 0 Å². The standard InChI is InChI=1S/C11H12Cl2O3/c1-3-4-11(16-7(2)14)5-8(12)10(15)9(13)6-11/h5-6H,3-4H2,1-2H3. The Hall–Kier alpha value is -0.800. The van der Waals surface area contributed by atoms with E-state index >= 15 is 0 Å². The predicted octanol–water partition coefficient (Wildman–Crippen LogP) is 2.92. The Morgan fingerprint density at radius 3 is 2.25 bits per heavy atom. The Balaban J connectivity index is 3.11. The van der Waals surface area contributed by atoms with E-state index in [4.69, 9.17) is 27.9 Å². The molecule has 1 aliphatic rings. The number of esters is 1. The molecule has 1 aliphatic carbocycles. The number of halogens is 2. The first-order valence-electron chi connectivity index (χ1n) is 4.91. The molecule has 0 saturated carbocycles. The van der Waals surface area contributed by atoms with E-state index in [-0.39, 0.29) is 10.1 Å². The van der Waals surface area contributed by atoms with Crippen molar-refractivity contribution in [2.45, 2.75) is 32.3 Å². The number of Topliss-reactive ketones (excluding diaryl/α,β-unsaturated/α-hetero) is 1. The molecule has 0 N–H and O–H groups in total. The van der Waals surface area contributed by atoms with E-state index in [9.17, 15) is 9.59 Å². The zero-order chi connectivity index (χ0) is 12.3. The third-order valence-electron chi connectivity index (χ3n) is 2.15. The van der Waals surface area contributed by atoms with E-state index in [1.807, 2.05) is 6.92 Å². The first-order chi connectivity index (χ1) is 7.40. The normalized spacial score (nSPS) is 18.9. The monoisotopic (exact) mass is 262 g/mol. The van der Waals surface area contributed by atoms with Crippen LogP contribution in [0.15, 0.2) is 22.2 Å². The lowest BCUT2D eigenvalue weighted by molar-refractivity contribution is -0.149. The number of carbonyl (C=O) groups is 2. The van der Waals surface area contributed by atoms with Crippen LogP contribution in [0.4, 0.5) is 0 Å². The summed E-state index contributed by atoms with van der Waals surface area (Å²) in [7, 11) is 0. The van der Waals surface area contributed by atoms with E-state index in [2.05, 4.69) is 0 Å². The van der Waals surface area contributed by atoms with E-state index in [0.717, 1.165) is 6.42 Å². The number of rotatable bonds is 3. The molecule has 16 heavy (non-hydrogen) atoms. The molecule has 0 aromatic heterocycles. The Labute approximate surface area is 104 Å². The maximum atomic E-state index is 11.4. The second-order valence-corrected chi connectivity index (χ2v) is 4.43. The van der Waals surface area contributed by atoms with Gasteiger partial charge < -0.3 is 4.74 Å². The zero-order valence-corrected chi connectivity index (χ0v) is 10.6.